The molecule has 1 fully saturated rings. The van der Waals surface area contributed by atoms with Crippen molar-refractivity contribution in [2.45, 2.75) is 6.04 Å². The Bertz CT molecular complexity index is 842. The zero-order chi connectivity index (χ0) is 17.2. The van der Waals surface area contributed by atoms with Crippen LogP contribution >= 0.6 is 11.8 Å². The lowest BCUT2D eigenvalue weighted by Crippen LogP contribution is -2.54. The third-order valence-electron chi connectivity index (χ3n) is 4.59. The molecule has 1 aliphatic heterocycles. The van der Waals surface area contributed by atoms with Crippen LogP contribution in [0.3, 0.4) is 0 Å². The third-order valence-corrected chi connectivity index (χ3v) is 5.54. The Hall–Kier alpha value is -2.24. The molecule has 0 saturated carbocycles. The largest absolute Gasteiger partial charge is 0.292 e. The Morgan fingerprint density at radius 2 is 1.52 bits per heavy atom. The maximum atomic E-state index is 13.2. The summed E-state index contributed by atoms with van der Waals surface area (Å²) < 4.78 is 0. The molecule has 126 valence electrons. The number of fused-ring (bicyclic) bond motifs is 1. The van der Waals surface area contributed by atoms with Crippen molar-refractivity contribution in [3.63, 3.8) is 0 Å². The average molecular weight is 350 g/mol. The van der Waals surface area contributed by atoms with Gasteiger partial charge in [-0.1, -0.05) is 42.5 Å². The van der Waals surface area contributed by atoms with E-state index in [1.54, 1.807) is 18.2 Å². The van der Waals surface area contributed by atoms with Crippen molar-refractivity contribution in [1.29, 1.82) is 0 Å². The number of hydrogen-bond donors (Lipinski definition) is 0. The highest BCUT2D eigenvalue weighted by Crippen LogP contribution is 2.27. The summed E-state index contributed by atoms with van der Waals surface area (Å²) in [5, 5.41) is 0. The Balaban J connectivity index is 1.84. The third kappa shape index (κ3) is 3.05. The second-order valence-electron chi connectivity index (χ2n) is 6.12. The summed E-state index contributed by atoms with van der Waals surface area (Å²) in [5.41, 5.74) is 2.03. The highest BCUT2D eigenvalue weighted by atomic mass is 32.2. The van der Waals surface area contributed by atoms with Crippen LogP contribution in [0.4, 0.5) is 5.69 Å². The Morgan fingerprint density at radius 1 is 0.880 bits per heavy atom. The summed E-state index contributed by atoms with van der Waals surface area (Å²) in [5.74, 6) is 1.79. The van der Waals surface area contributed by atoms with Crippen LogP contribution < -0.4 is 0 Å². The second-order valence-corrected chi connectivity index (χ2v) is 7.35. The fourth-order valence-electron chi connectivity index (χ4n) is 3.36. The predicted octanol–water partition coefficient (Wildman–Crippen LogP) is 3.26. The van der Waals surface area contributed by atoms with Gasteiger partial charge in [-0.05, 0) is 12.1 Å². The van der Waals surface area contributed by atoms with Gasteiger partial charge in [-0.3, -0.25) is 14.5 Å². The molecule has 1 saturated heterocycles. The maximum absolute atomic E-state index is 13.2. The molecule has 1 aliphatic carbocycles. The van der Waals surface area contributed by atoms with E-state index in [0.29, 0.717) is 22.5 Å². The van der Waals surface area contributed by atoms with E-state index < -0.39 is 6.04 Å². The van der Waals surface area contributed by atoms with Crippen molar-refractivity contribution in [1.82, 2.24) is 4.90 Å². The number of para-hydroxylation sites is 1. The number of ketones is 2. The number of carbonyl (C=O) groups excluding carboxylic acids is 2. The molecule has 1 unspecified atom stereocenters. The number of rotatable bonds is 2. The topological polar surface area (TPSA) is 49.7 Å². The van der Waals surface area contributed by atoms with Gasteiger partial charge in [0.15, 0.2) is 5.78 Å². The first kappa shape index (κ1) is 16.2. The van der Waals surface area contributed by atoms with Crippen molar-refractivity contribution in [3.05, 3.63) is 65.7 Å². The molecular weight excluding hydrogens is 332 g/mol. The van der Waals surface area contributed by atoms with Gasteiger partial charge in [0.1, 0.15) is 11.8 Å². The van der Waals surface area contributed by atoms with Gasteiger partial charge in [-0.2, -0.15) is 11.8 Å². The first-order chi connectivity index (χ1) is 12.3. The van der Waals surface area contributed by atoms with E-state index in [1.807, 2.05) is 48.2 Å². The number of nitrogens with zero attached hydrogens (tertiary/aromatic N) is 2. The van der Waals surface area contributed by atoms with E-state index in [9.17, 15) is 9.59 Å². The number of Topliss-reactive ketones (excluding diaryl/α,β-unsaturated/α-hetero) is 2. The summed E-state index contributed by atoms with van der Waals surface area (Å²) in [6, 6.07) is 15.9. The molecule has 0 N–H and O–H groups in total. The summed E-state index contributed by atoms with van der Waals surface area (Å²) in [6.45, 7) is 1.59. The molecule has 0 amide bonds. The molecule has 2 aliphatic rings. The lowest BCUT2D eigenvalue weighted by atomic mass is 9.83. The van der Waals surface area contributed by atoms with Crippen molar-refractivity contribution in [2.75, 3.05) is 24.6 Å². The monoisotopic (exact) mass is 350 g/mol. The van der Waals surface area contributed by atoms with Crippen LogP contribution in [-0.4, -0.2) is 52.8 Å². The van der Waals surface area contributed by atoms with Gasteiger partial charge in [-0.15, -0.1) is 0 Å². The van der Waals surface area contributed by atoms with Crippen molar-refractivity contribution >= 4 is 34.7 Å². The number of carbonyl (C=O) groups is 2. The summed E-state index contributed by atoms with van der Waals surface area (Å²) in [7, 11) is 0. The van der Waals surface area contributed by atoms with Gasteiger partial charge >= 0.3 is 0 Å². The first-order valence-corrected chi connectivity index (χ1v) is 9.54. The molecular formula is C20H18N2O2S. The molecule has 0 radical (unpaired) electrons. The normalized spacial score (nSPS) is 22.9. The molecule has 0 bridgehead atoms. The lowest BCUT2D eigenvalue weighted by Gasteiger charge is -2.36. The fourth-order valence-corrected chi connectivity index (χ4v) is 4.29. The van der Waals surface area contributed by atoms with E-state index in [0.717, 1.165) is 24.6 Å². The van der Waals surface area contributed by atoms with Crippen LogP contribution in [0.5, 0.6) is 0 Å². The van der Waals surface area contributed by atoms with Gasteiger partial charge < -0.3 is 0 Å². The van der Waals surface area contributed by atoms with E-state index in [4.69, 9.17) is 0 Å². The minimum Gasteiger partial charge on any atom is -0.292 e. The number of aliphatic imine (C=N–C) groups is 1. The van der Waals surface area contributed by atoms with Gasteiger partial charge in [0.2, 0.25) is 5.78 Å². The Labute approximate surface area is 150 Å². The van der Waals surface area contributed by atoms with Crippen LogP contribution in [-0.2, 0) is 0 Å². The SMILES string of the molecule is O=C1C(=Nc2ccccc2)C(N2CCSCC2)C(=O)c2ccccc21. The predicted molar refractivity (Wildman–Crippen MR) is 101 cm³/mol. The van der Waals surface area contributed by atoms with E-state index in [-0.39, 0.29) is 11.6 Å². The number of benzene rings is 2. The van der Waals surface area contributed by atoms with Crippen LogP contribution in [0.25, 0.3) is 0 Å². The molecule has 1 heterocycles. The molecule has 0 aromatic heterocycles. The van der Waals surface area contributed by atoms with E-state index >= 15 is 0 Å². The Morgan fingerprint density at radius 3 is 2.24 bits per heavy atom. The molecule has 4 rings (SSSR count). The fraction of sp³-hybridized carbons (Fsp3) is 0.250. The van der Waals surface area contributed by atoms with Gasteiger partial charge in [0.05, 0.1) is 5.69 Å². The molecule has 2 aromatic carbocycles. The molecule has 0 spiro atoms. The quantitative estimate of drug-likeness (QED) is 0.834. The van der Waals surface area contributed by atoms with Crippen LogP contribution in [0.1, 0.15) is 20.7 Å². The van der Waals surface area contributed by atoms with Crippen LogP contribution in [0.15, 0.2) is 59.6 Å². The highest BCUT2D eigenvalue weighted by Gasteiger charge is 2.42. The zero-order valence-electron chi connectivity index (χ0n) is 13.7. The van der Waals surface area contributed by atoms with Crippen molar-refractivity contribution in [2.24, 2.45) is 4.99 Å². The average Bonchev–Trinajstić information content (AvgIpc) is 2.68. The summed E-state index contributed by atoms with van der Waals surface area (Å²) in [6.07, 6.45) is 0. The van der Waals surface area contributed by atoms with Gasteiger partial charge in [0, 0.05) is 35.7 Å². The van der Waals surface area contributed by atoms with Gasteiger partial charge in [0.25, 0.3) is 0 Å². The van der Waals surface area contributed by atoms with E-state index in [1.165, 1.54) is 0 Å². The van der Waals surface area contributed by atoms with Crippen LogP contribution in [0, 0.1) is 0 Å². The standard InChI is InChI=1S/C20H18N2O2S/c23-19-15-8-4-5-9-16(15)20(24)18(22-10-12-25-13-11-22)17(19)21-14-6-2-1-3-7-14/h1-9,18H,10-13H2. The minimum absolute atomic E-state index is 0.0169. The van der Waals surface area contributed by atoms with Gasteiger partial charge in [-0.25, -0.2) is 4.99 Å². The number of hydrogen-bond acceptors (Lipinski definition) is 5. The smallest absolute Gasteiger partial charge is 0.210 e. The lowest BCUT2D eigenvalue weighted by molar-refractivity contribution is 0.0861. The minimum atomic E-state index is -0.580. The Kier molecular flexibility index (Phi) is 4.51. The summed E-state index contributed by atoms with van der Waals surface area (Å²) >= 11 is 1.88. The highest BCUT2D eigenvalue weighted by molar-refractivity contribution is 7.99. The molecule has 4 nitrogen and oxygen atoms in total. The molecule has 2 aromatic rings. The molecule has 25 heavy (non-hydrogen) atoms. The first-order valence-electron chi connectivity index (χ1n) is 8.39. The van der Waals surface area contributed by atoms with Crippen molar-refractivity contribution < 1.29 is 9.59 Å². The van der Waals surface area contributed by atoms with Crippen molar-refractivity contribution in [3.8, 4) is 0 Å². The maximum Gasteiger partial charge on any atom is 0.210 e. The molecule has 1 atom stereocenters. The van der Waals surface area contributed by atoms with Crippen LogP contribution in [0.2, 0.25) is 0 Å². The second kappa shape index (κ2) is 6.94. The molecule has 5 heteroatoms. The zero-order valence-corrected chi connectivity index (χ0v) is 14.5. The number of thioether (sulfide) groups is 1. The summed E-state index contributed by atoms with van der Waals surface area (Å²) in [4.78, 5) is 33.0. The van der Waals surface area contributed by atoms with E-state index in [2.05, 4.69) is 9.89 Å².